The Hall–Kier alpha value is -1.18. The average molecular weight is 262 g/mol. The van der Waals surface area contributed by atoms with Crippen molar-refractivity contribution < 1.29 is 36.6 Å². The first-order valence-electron chi connectivity index (χ1n) is 4.34. The lowest BCUT2D eigenvalue weighted by Crippen LogP contribution is -2.58. The molecule has 3 nitrogen and oxygen atoms in total. The lowest BCUT2D eigenvalue weighted by atomic mass is 9.94. The maximum atomic E-state index is 13.3. The molecule has 0 aromatic heterocycles. The molecular weight excluding hydrogens is 251 g/mol. The molecule has 0 saturated carbocycles. The lowest BCUT2D eigenvalue weighted by Gasteiger charge is -2.36. The summed E-state index contributed by atoms with van der Waals surface area (Å²) in [4.78, 5) is 10.7. The van der Waals surface area contributed by atoms with E-state index < -0.39 is 29.8 Å². The number of carbonyl (C=O) groups excluding carboxylic acids is 1. The summed E-state index contributed by atoms with van der Waals surface area (Å²) in [6, 6.07) is 0. The molecule has 17 heavy (non-hydrogen) atoms. The zero-order valence-electron chi connectivity index (χ0n) is 9.02. The molecule has 0 fully saturated rings. The minimum absolute atomic E-state index is 0.526. The molecule has 1 N–H and O–H groups in total. The van der Waals surface area contributed by atoms with E-state index in [2.05, 4.69) is 11.3 Å². The van der Waals surface area contributed by atoms with Crippen molar-refractivity contribution in [3.8, 4) is 0 Å². The van der Waals surface area contributed by atoms with Crippen molar-refractivity contribution in [1.29, 1.82) is 0 Å². The largest absolute Gasteiger partial charge is 0.450 e. The molecule has 8 heteroatoms. The predicted molar refractivity (Wildman–Crippen MR) is 47.4 cm³/mol. The zero-order chi connectivity index (χ0) is 14.1. The summed E-state index contributed by atoms with van der Waals surface area (Å²) >= 11 is 0. The fraction of sp³-hybridized carbons (Fsp3) is 0.667. The Labute approximate surface area is 93.9 Å². The Morgan fingerprint density at radius 2 is 1.71 bits per heavy atom. The van der Waals surface area contributed by atoms with Gasteiger partial charge in [-0.3, -0.25) is 0 Å². The van der Waals surface area contributed by atoms with Gasteiger partial charge in [-0.05, 0) is 13.8 Å². The van der Waals surface area contributed by atoms with E-state index in [0.717, 1.165) is 0 Å². The summed E-state index contributed by atoms with van der Waals surface area (Å²) in [6.07, 6.45) is -8.93. The van der Waals surface area contributed by atoms with Crippen LogP contribution in [0.3, 0.4) is 0 Å². The Morgan fingerprint density at radius 1 is 1.29 bits per heavy atom. The highest BCUT2D eigenvalue weighted by Gasteiger charge is 2.64. The van der Waals surface area contributed by atoms with E-state index in [9.17, 15) is 26.7 Å². The van der Waals surface area contributed by atoms with Crippen LogP contribution in [-0.4, -0.2) is 34.9 Å². The van der Waals surface area contributed by atoms with E-state index in [1.165, 1.54) is 0 Å². The second-order valence-corrected chi connectivity index (χ2v) is 3.70. The maximum Gasteiger partial charge on any atom is 0.420 e. The van der Waals surface area contributed by atoms with Gasteiger partial charge < -0.3 is 9.84 Å². The standard InChI is InChI=1S/C9H11F5O3/c1-4-5(15)17-7(2,3)8(10,11)6(16)9(12,13)14/h4,6,16H,1H2,2-3H3. The van der Waals surface area contributed by atoms with E-state index in [-0.39, 0.29) is 0 Å². The number of hydrogen-bond acceptors (Lipinski definition) is 3. The van der Waals surface area contributed by atoms with Crippen LogP contribution in [0.15, 0.2) is 12.7 Å². The number of aliphatic hydroxyl groups is 1. The number of alkyl halides is 5. The Bertz CT molecular complexity index is 308. The summed E-state index contributed by atoms with van der Waals surface area (Å²) in [5.74, 6) is -6.01. The Morgan fingerprint density at radius 3 is 2.00 bits per heavy atom. The molecule has 1 unspecified atom stereocenters. The number of hydrogen-bond donors (Lipinski definition) is 1. The first-order chi connectivity index (χ1) is 7.36. The van der Waals surface area contributed by atoms with Gasteiger partial charge >= 0.3 is 18.1 Å². The van der Waals surface area contributed by atoms with E-state index in [1.54, 1.807) is 0 Å². The fourth-order valence-electron chi connectivity index (χ4n) is 0.896. The van der Waals surface area contributed by atoms with Crippen LogP contribution in [0.25, 0.3) is 0 Å². The van der Waals surface area contributed by atoms with Crippen molar-refractivity contribution in [2.24, 2.45) is 0 Å². The molecule has 0 rings (SSSR count). The van der Waals surface area contributed by atoms with Gasteiger partial charge in [0.05, 0.1) is 0 Å². The lowest BCUT2D eigenvalue weighted by molar-refractivity contribution is -0.309. The zero-order valence-corrected chi connectivity index (χ0v) is 9.02. The monoisotopic (exact) mass is 262 g/mol. The highest BCUT2D eigenvalue weighted by atomic mass is 19.4. The van der Waals surface area contributed by atoms with Gasteiger partial charge in [0.1, 0.15) is 0 Å². The smallest absolute Gasteiger partial charge is 0.420 e. The summed E-state index contributed by atoms with van der Waals surface area (Å²) in [7, 11) is 0. The van der Waals surface area contributed by atoms with Gasteiger partial charge in [-0.1, -0.05) is 6.58 Å². The highest BCUT2D eigenvalue weighted by molar-refractivity contribution is 5.81. The van der Waals surface area contributed by atoms with Crippen LogP contribution in [-0.2, 0) is 9.53 Å². The molecule has 0 bridgehead atoms. The molecule has 0 saturated heterocycles. The number of halogens is 5. The fourth-order valence-corrected chi connectivity index (χ4v) is 0.896. The molecule has 0 aromatic carbocycles. The second kappa shape index (κ2) is 4.59. The minimum Gasteiger partial charge on any atom is -0.450 e. The van der Waals surface area contributed by atoms with Gasteiger partial charge in [0.25, 0.3) is 0 Å². The van der Waals surface area contributed by atoms with Crippen LogP contribution in [0.4, 0.5) is 22.0 Å². The molecule has 1 atom stereocenters. The maximum absolute atomic E-state index is 13.3. The summed E-state index contributed by atoms with van der Waals surface area (Å²) < 4.78 is 66.7. The molecule has 0 aliphatic carbocycles. The molecule has 0 aliphatic rings. The third-order valence-electron chi connectivity index (χ3n) is 1.98. The number of esters is 1. The van der Waals surface area contributed by atoms with Crippen molar-refractivity contribution in [3.05, 3.63) is 12.7 Å². The normalized spacial score (nSPS) is 15.3. The summed E-state index contributed by atoms with van der Waals surface area (Å²) in [5.41, 5.74) is -2.83. The third kappa shape index (κ3) is 3.39. The molecular formula is C9H11F5O3. The van der Waals surface area contributed by atoms with Crippen molar-refractivity contribution in [1.82, 2.24) is 0 Å². The SMILES string of the molecule is C=CC(=O)OC(C)(C)C(F)(F)C(O)C(F)(F)F. The average Bonchev–Trinajstić information content (AvgIpc) is 2.13. The summed E-state index contributed by atoms with van der Waals surface area (Å²) in [6.45, 7) is 4.03. The van der Waals surface area contributed by atoms with E-state index in [1.807, 2.05) is 0 Å². The second-order valence-electron chi connectivity index (χ2n) is 3.70. The number of rotatable bonds is 4. The molecule has 0 aromatic rings. The first kappa shape index (κ1) is 15.8. The van der Waals surface area contributed by atoms with Crippen LogP contribution in [0.2, 0.25) is 0 Å². The van der Waals surface area contributed by atoms with Gasteiger partial charge in [0.2, 0.25) is 6.10 Å². The van der Waals surface area contributed by atoms with Crippen LogP contribution in [0, 0.1) is 0 Å². The van der Waals surface area contributed by atoms with Crippen LogP contribution in [0.5, 0.6) is 0 Å². The highest BCUT2D eigenvalue weighted by Crippen LogP contribution is 2.41. The van der Waals surface area contributed by atoms with E-state index in [0.29, 0.717) is 19.9 Å². The van der Waals surface area contributed by atoms with Crippen molar-refractivity contribution >= 4 is 5.97 Å². The topological polar surface area (TPSA) is 46.5 Å². The van der Waals surface area contributed by atoms with Gasteiger partial charge in [-0.2, -0.15) is 22.0 Å². The van der Waals surface area contributed by atoms with Crippen LogP contribution >= 0.6 is 0 Å². The predicted octanol–water partition coefficient (Wildman–Crippen LogP) is 2.05. The van der Waals surface area contributed by atoms with E-state index >= 15 is 0 Å². The van der Waals surface area contributed by atoms with Gasteiger partial charge in [-0.25, -0.2) is 4.79 Å². The first-order valence-corrected chi connectivity index (χ1v) is 4.34. The molecule has 0 amide bonds. The van der Waals surface area contributed by atoms with Gasteiger partial charge in [-0.15, -0.1) is 0 Å². The summed E-state index contributed by atoms with van der Waals surface area (Å²) in [5, 5.41) is 8.54. The van der Waals surface area contributed by atoms with Gasteiger partial charge in [0, 0.05) is 6.08 Å². The minimum atomic E-state index is -5.53. The number of ether oxygens (including phenoxy) is 1. The van der Waals surface area contributed by atoms with Crippen molar-refractivity contribution in [2.75, 3.05) is 0 Å². The van der Waals surface area contributed by atoms with E-state index in [4.69, 9.17) is 5.11 Å². The van der Waals surface area contributed by atoms with Crippen LogP contribution in [0.1, 0.15) is 13.8 Å². The molecule has 0 heterocycles. The van der Waals surface area contributed by atoms with Crippen molar-refractivity contribution in [2.45, 2.75) is 37.7 Å². The van der Waals surface area contributed by atoms with Crippen molar-refractivity contribution in [3.63, 3.8) is 0 Å². The van der Waals surface area contributed by atoms with Crippen LogP contribution < -0.4 is 0 Å². The quantitative estimate of drug-likeness (QED) is 0.479. The molecule has 100 valence electrons. The third-order valence-corrected chi connectivity index (χ3v) is 1.98. The Balaban J connectivity index is 5.15. The van der Waals surface area contributed by atoms with Gasteiger partial charge in [0.15, 0.2) is 5.60 Å². The number of carbonyl (C=O) groups is 1. The number of aliphatic hydroxyl groups excluding tert-OH is 1. The molecule has 0 spiro atoms. The molecule has 0 radical (unpaired) electrons. The molecule has 0 aliphatic heterocycles. The Kier molecular flexibility index (Phi) is 4.28.